The van der Waals surface area contributed by atoms with E-state index in [0.29, 0.717) is 0 Å². The van der Waals surface area contributed by atoms with Crippen LogP contribution in [0.2, 0.25) is 9.26 Å². The van der Waals surface area contributed by atoms with Crippen molar-refractivity contribution in [2.45, 2.75) is 32.7 Å². The van der Waals surface area contributed by atoms with Gasteiger partial charge in [-0.15, -0.1) is 0 Å². The van der Waals surface area contributed by atoms with E-state index in [-0.39, 0.29) is 0 Å². The minimum absolute atomic E-state index is 0.864. The van der Waals surface area contributed by atoms with Gasteiger partial charge < -0.3 is 0 Å². The summed E-state index contributed by atoms with van der Waals surface area (Å²) in [5, 5.41) is 0. The molecule has 0 heterocycles. The molecule has 1 aromatic rings. The summed E-state index contributed by atoms with van der Waals surface area (Å²) in [5.41, 5.74) is 4.84. The van der Waals surface area contributed by atoms with Gasteiger partial charge in [-0.3, -0.25) is 0 Å². The Hall–Kier alpha value is -0.157. The Morgan fingerprint density at radius 1 is 1.20 bits per heavy atom. The summed E-state index contributed by atoms with van der Waals surface area (Å²) < 4.78 is 5.92. The Kier molecular flexibility index (Phi) is 3.62. The molecular formula is C14H19Zr. The van der Waals surface area contributed by atoms with Crippen molar-refractivity contribution in [3.05, 3.63) is 41.0 Å². The zero-order valence-corrected chi connectivity index (χ0v) is 12.3. The van der Waals surface area contributed by atoms with Crippen LogP contribution in [-0.4, -0.2) is 0 Å². The fourth-order valence-corrected chi connectivity index (χ4v) is 7.13. The standard InChI is InChI=1S/C12H13.2CH3.Zr/c1-2-5-10-8-11-6-3-4-7-12(11)9-10;;;/h3-4,6-9H,2,5H2,1H3;2*1H3;. The molecule has 0 spiro atoms. The molecule has 0 saturated carbocycles. The molecule has 1 heteroatoms. The van der Waals surface area contributed by atoms with Gasteiger partial charge in [-0.25, -0.2) is 0 Å². The van der Waals surface area contributed by atoms with E-state index >= 15 is 0 Å². The van der Waals surface area contributed by atoms with Gasteiger partial charge in [0.1, 0.15) is 0 Å². The van der Waals surface area contributed by atoms with E-state index in [0.717, 1.165) is 3.63 Å². The Labute approximate surface area is 101 Å². The molecule has 1 aliphatic rings. The molecule has 1 atom stereocenters. The van der Waals surface area contributed by atoms with E-state index < -0.39 is 21.8 Å². The molecule has 0 N–H and O–H groups in total. The van der Waals surface area contributed by atoms with Crippen LogP contribution in [-0.2, 0) is 21.8 Å². The molecule has 0 bridgehead atoms. The molecule has 0 aromatic heterocycles. The van der Waals surface area contributed by atoms with Gasteiger partial charge in [0.25, 0.3) is 0 Å². The molecule has 79 valence electrons. The number of benzene rings is 1. The van der Waals surface area contributed by atoms with E-state index in [2.05, 4.69) is 46.5 Å². The van der Waals surface area contributed by atoms with Gasteiger partial charge in [0, 0.05) is 0 Å². The van der Waals surface area contributed by atoms with Crippen molar-refractivity contribution in [3.8, 4) is 0 Å². The maximum atomic E-state index is 2.53. The molecule has 2 rings (SSSR count). The third-order valence-corrected chi connectivity index (χ3v) is 7.65. The van der Waals surface area contributed by atoms with Gasteiger partial charge in [0.2, 0.25) is 0 Å². The van der Waals surface area contributed by atoms with Gasteiger partial charge in [-0.05, 0) is 0 Å². The quantitative estimate of drug-likeness (QED) is 0.755. The monoisotopic (exact) mass is 277 g/mol. The summed E-state index contributed by atoms with van der Waals surface area (Å²) in [6, 6.07) is 8.97. The first-order chi connectivity index (χ1) is 7.24. The van der Waals surface area contributed by atoms with E-state index in [1.807, 2.05) is 0 Å². The Bertz CT molecular complexity index is 377. The second-order valence-corrected chi connectivity index (χ2v) is 11.3. The predicted octanol–water partition coefficient (Wildman–Crippen LogP) is 4.64. The van der Waals surface area contributed by atoms with Crippen molar-refractivity contribution in [1.82, 2.24) is 0 Å². The van der Waals surface area contributed by atoms with Crippen molar-refractivity contribution in [3.63, 3.8) is 0 Å². The summed E-state index contributed by atoms with van der Waals surface area (Å²) in [6.07, 6.45) is 5.04. The molecule has 1 aliphatic carbocycles. The van der Waals surface area contributed by atoms with Crippen LogP contribution in [0, 0.1) is 0 Å². The van der Waals surface area contributed by atoms with Crippen LogP contribution in [0.1, 0.15) is 34.5 Å². The minimum atomic E-state index is -1.17. The molecule has 0 aliphatic heterocycles. The van der Waals surface area contributed by atoms with E-state index in [1.165, 1.54) is 18.4 Å². The van der Waals surface area contributed by atoms with Crippen LogP contribution in [0.15, 0.2) is 29.8 Å². The molecule has 0 saturated heterocycles. The normalized spacial score (nSPS) is 18.6. The first-order valence-electron chi connectivity index (χ1n) is 5.83. The van der Waals surface area contributed by atoms with Crippen LogP contribution in [0.3, 0.4) is 0 Å². The summed E-state index contributed by atoms with van der Waals surface area (Å²) in [4.78, 5) is 0. The number of hydrogen-bond donors (Lipinski definition) is 0. The van der Waals surface area contributed by atoms with Gasteiger partial charge in [-0.1, -0.05) is 0 Å². The second kappa shape index (κ2) is 4.79. The second-order valence-electron chi connectivity index (χ2n) is 4.61. The molecule has 0 amide bonds. The fraction of sp³-hybridized carbons (Fsp3) is 0.429. The third kappa shape index (κ3) is 2.18. The average molecular weight is 279 g/mol. The SMILES string of the molecule is CCCC1=Cc2ccccc2[CH]1[Zr]([CH3])[CH3]. The van der Waals surface area contributed by atoms with Gasteiger partial charge >= 0.3 is 101 Å². The molecule has 0 radical (unpaired) electrons. The molecular weight excluding hydrogens is 259 g/mol. The van der Waals surface area contributed by atoms with Crippen molar-refractivity contribution >= 4 is 6.08 Å². The Balaban J connectivity index is 2.38. The molecule has 1 unspecified atom stereocenters. The molecule has 0 fully saturated rings. The molecule has 0 nitrogen and oxygen atoms in total. The van der Waals surface area contributed by atoms with E-state index in [1.54, 1.807) is 11.1 Å². The topological polar surface area (TPSA) is 0 Å². The predicted molar refractivity (Wildman–Crippen MR) is 63.8 cm³/mol. The first kappa shape index (κ1) is 11.3. The third-order valence-electron chi connectivity index (χ3n) is 3.13. The van der Waals surface area contributed by atoms with E-state index in [4.69, 9.17) is 0 Å². The van der Waals surface area contributed by atoms with Crippen LogP contribution in [0.5, 0.6) is 0 Å². The number of fused-ring (bicyclic) bond motifs is 1. The number of allylic oxidation sites excluding steroid dienone is 1. The number of hydrogen-bond acceptors (Lipinski definition) is 0. The first-order valence-corrected chi connectivity index (χ1v) is 12.2. The molecule has 1 aromatic carbocycles. The average Bonchev–Trinajstić information content (AvgIpc) is 2.56. The number of rotatable bonds is 3. The van der Waals surface area contributed by atoms with Gasteiger partial charge in [0.05, 0.1) is 0 Å². The Morgan fingerprint density at radius 3 is 2.60 bits per heavy atom. The summed E-state index contributed by atoms with van der Waals surface area (Å²) >= 11 is -1.17. The summed E-state index contributed by atoms with van der Waals surface area (Å²) in [5.74, 6) is 0. The van der Waals surface area contributed by atoms with E-state index in [9.17, 15) is 0 Å². The van der Waals surface area contributed by atoms with Crippen molar-refractivity contribution < 1.29 is 21.8 Å². The maximum absolute atomic E-state index is 2.53. The Morgan fingerprint density at radius 2 is 1.93 bits per heavy atom. The summed E-state index contributed by atoms with van der Waals surface area (Å²) in [6.45, 7) is 2.29. The van der Waals surface area contributed by atoms with Gasteiger partial charge in [0.15, 0.2) is 0 Å². The molecule has 15 heavy (non-hydrogen) atoms. The van der Waals surface area contributed by atoms with Crippen LogP contribution in [0.4, 0.5) is 0 Å². The fourth-order valence-electron chi connectivity index (χ4n) is 2.58. The summed E-state index contributed by atoms with van der Waals surface area (Å²) in [7, 11) is 0. The van der Waals surface area contributed by atoms with Crippen molar-refractivity contribution in [2.75, 3.05) is 0 Å². The zero-order valence-electron chi connectivity index (χ0n) is 9.88. The van der Waals surface area contributed by atoms with Crippen molar-refractivity contribution in [2.24, 2.45) is 0 Å². The van der Waals surface area contributed by atoms with Gasteiger partial charge in [-0.2, -0.15) is 0 Å². The van der Waals surface area contributed by atoms with Crippen LogP contribution < -0.4 is 0 Å². The van der Waals surface area contributed by atoms with Crippen LogP contribution >= 0.6 is 0 Å². The van der Waals surface area contributed by atoms with Crippen LogP contribution in [0.25, 0.3) is 6.08 Å². The zero-order chi connectivity index (χ0) is 10.8. The van der Waals surface area contributed by atoms with Crippen molar-refractivity contribution in [1.29, 1.82) is 0 Å².